The van der Waals surface area contributed by atoms with Gasteiger partial charge in [0, 0.05) is 18.5 Å². The van der Waals surface area contributed by atoms with E-state index in [0.29, 0.717) is 31.4 Å². The highest BCUT2D eigenvalue weighted by molar-refractivity contribution is 7.07. The second-order valence-electron chi connectivity index (χ2n) is 6.06. The van der Waals surface area contributed by atoms with Crippen molar-refractivity contribution in [3.8, 4) is 5.75 Å². The third-order valence-corrected chi connectivity index (χ3v) is 4.94. The summed E-state index contributed by atoms with van der Waals surface area (Å²) in [5, 5.41) is 1.88. The summed E-state index contributed by atoms with van der Waals surface area (Å²) < 4.78 is 23.8. The first-order valence-corrected chi connectivity index (χ1v) is 9.32. The zero-order chi connectivity index (χ0) is 17.5. The van der Waals surface area contributed by atoms with Crippen LogP contribution in [0.5, 0.6) is 5.75 Å². The van der Waals surface area contributed by atoms with Gasteiger partial charge < -0.3 is 14.4 Å². The number of benzene rings is 1. The normalized spacial score (nSPS) is 15.2. The van der Waals surface area contributed by atoms with Crippen molar-refractivity contribution in [3.63, 3.8) is 0 Å². The van der Waals surface area contributed by atoms with Crippen LogP contribution in [0.15, 0.2) is 35.2 Å². The Bertz CT molecular complexity index is 655. The van der Waals surface area contributed by atoms with Gasteiger partial charge in [-0.25, -0.2) is 14.2 Å². The highest BCUT2D eigenvalue weighted by atomic mass is 32.1. The molecule has 1 saturated heterocycles. The predicted molar refractivity (Wildman–Crippen MR) is 93.1 cm³/mol. The summed E-state index contributed by atoms with van der Waals surface area (Å²) in [5.74, 6) is 0.953. The van der Waals surface area contributed by atoms with E-state index in [2.05, 4.69) is 4.98 Å². The van der Waals surface area contributed by atoms with Crippen molar-refractivity contribution >= 4 is 17.4 Å². The van der Waals surface area contributed by atoms with E-state index in [9.17, 15) is 9.18 Å². The first-order valence-electron chi connectivity index (χ1n) is 8.38. The van der Waals surface area contributed by atoms with Gasteiger partial charge in [-0.15, -0.1) is 11.3 Å². The molecule has 0 radical (unpaired) electrons. The molecule has 1 amide bonds. The standard InChI is InChI=1S/C18H21FN2O3S/c19-15-1-3-17(4-2-15)23-10-7-14-5-8-21(9-6-14)18(22)24-11-16-12-25-13-20-16/h1-4,12-14H,5-11H2. The minimum Gasteiger partial charge on any atom is -0.494 e. The fourth-order valence-corrected chi connectivity index (χ4v) is 3.36. The van der Waals surface area contributed by atoms with E-state index in [-0.39, 0.29) is 18.5 Å². The molecule has 0 saturated carbocycles. The molecule has 134 valence electrons. The van der Waals surface area contributed by atoms with Crippen LogP contribution in [0.1, 0.15) is 25.0 Å². The van der Waals surface area contributed by atoms with E-state index in [1.165, 1.54) is 23.5 Å². The van der Waals surface area contributed by atoms with Crippen molar-refractivity contribution in [1.29, 1.82) is 0 Å². The second kappa shape index (κ2) is 8.80. The van der Waals surface area contributed by atoms with Crippen molar-refractivity contribution in [2.45, 2.75) is 25.9 Å². The summed E-state index contributed by atoms with van der Waals surface area (Å²) in [6.45, 7) is 2.24. The number of carbonyl (C=O) groups excluding carboxylic acids is 1. The minimum atomic E-state index is -0.269. The average Bonchev–Trinajstić information content (AvgIpc) is 3.15. The summed E-state index contributed by atoms with van der Waals surface area (Å²) in [6, 6.07) is 6.06. The van der Waals surface area contributed by atoms with Gasteiger partial charge in [-0.2, -0.15) is 0 Å². The monoisotopic (exact) mass is 364 g/mol. The maximum Gasteiger partial charge on any atom is 0.410 e. The Kier molecular flexibility index (Phi) is 6.22. The van der Waals surface area contributed by atoms with Crippen LogP contribution in [0.4, 0.5) is 9.18 Å². The van der Waals surface area contributed by atoms with E-state index in [0.717, 1.165) is 25.0 Å². The van der Waals surface area contributed by atoms with Gasteiger partial charge in [0.25, 0.3) is 0 Å². The molecule has 0 spiro atoms. The minimum absolute atomic E-state index is 0.230. The number of piperidine rings is 1. The lowest BCUT2D eigenvalue weighted by atomic mass is 9.94. The number of thiazole rings is 1. The molecule has 0 bridgehead atoms. The van der Waals surface area contributed by atoms with Gasteiger partial charge in [-0.1, -0.05) is 0 Å². The molecule has 0 N–H and O–H groups in total. The number of halogens is 1. The molecule has 0 aliphatic carbocycles. The number of amides is 1. The quantitative estimate of drug-likeness (QED) is 0.774. The summed E-state index contributed by atoms with van der Waals surface area (Å²) in [7, 11) is 0. The lowest BCUT2D eigenvalue weighted by Gasteiger charge is -2.31. The fraction of sp³-hybridized carbons (Fsp3) is 0.444. The Morgan fingerprint density at radius 3 is 2.72 bits per heavy atom. The van der Waals surface area contributed by atoms with Crippen molar-refractivity contribution in [1.82, 2.24) is 9.88 Å². The lowest BCUT2D eigenvalue weighted by molar-refractivity contribution is 0.0792. The number of rotatable bonds is 6. The Morgan fingerprint density at radius 2 is 2.04 bits per heavy atom. The summed E-state index contributed by atoms with van der Waals surface area (Å²) in [5.41, 5.74) is 2.51. The largest absolute Gasteiger partial charge is 0.494 e. The Morgan fingerprint density at radius 1 is 1.28 bits per heavy atom. The highest BCUT2D eigenvalue weighted by Crippen LogP contribution is 2.22. The second-order valence-corrected chi connectivity index (χ2v) is 6.77. The third-order valence-electron chi connectivity index (χ3n) is 4.31. The van der Waals surface area contributed by atoms with E-state index in [1.807, 2.05) is 5.38 Å². The number of aromatic nitrogens is 1. The molecule has 1 aliphatic heterocycles. The SMILES string of the molecule is O=C(OCc1cscn1)N1CCC(CCOc2ccc(F)cc2)CC1. The lowest BCUT2D eigenvalue weighted by Crippen LogP contribution is -2.39. The van der Waals surface area contributed by atoms with E-state index < -0.39 is 0 Å². The van der Waals surface area contributed by atoms with Crippen LogP contribution >= 0.6 is 11.3 Å². The van der Waals surface area contributed by atoms with Crippen molar-refractivity contribution in [3.05, 3.63) is 46.7 Å². The smallest absolute Gasteiger partial charge is 0.410 e. The van der Waals surface area contributed by atoms with Crippen molar-refractivity contribution in [2.24, 2.45) is 5.92 Å². The van der Waals surface area contributed by atoms with E-state index in [1.54, 1.807) is 22.5 Å². The molecule has 0 atom stereocenters. The van der Waals surface area contributed by atoms with Gasteiger partial charge >= 0.3 is 6.09 Å². The molecule has 0 unspecified atom stereocenters. The molecule has 1 fully saturated rings. The van der Waals surface area contributed by atoms with Gasteiger partial charge in [0.15, 0.2) is 0 Å². The van der Waals surface area contributed by atoms with Crippen molar-refractivity contribution < 1.29 is 18.7 Å². The van der Waals surface area contributed by atoms with Crippen LogP contribution < -0.4 is 4.74 Å². The topological polar surface area (TPSA) is 51.7 Å². The first-order chi connectivity index (χ1) is 12.2. The molecule has 2 aromatic rings. The molecule has 7 heteroatoms. The van der Waals surface area contributed by atoms with Gasteiger partial charge in [0.05, 0.1) is 17.8 Å². The zero-order valence-corrected chi connectivity index (χ0v) is 14.7. The highest BCUT2D eigenvalue weighted by Gasteiger charge is 2.23. The Balaban J connectivity index is 1.32. The maximum atomic E-state index is 12.8. The molecule has 5 nitrogen and oxygen atoms in total. The first kappa shape index (κ1) is 17.7. The molecule has 1 aliphatic rings. The summed E-state index contributed by atoms with van der Waals surface area (Å²) >= 11 is 1.49. The molecule has 3 rings (SSSR count). The van der Waals surface area contributed by atoms with Crippen LogP contribution in [0, 0.1) is 11.7 Å². The number of nitrogens with zero attached hydrogens (tertiary/aromatic N) is 2. The molecule has 25 heavy (non-hydrogen) atoms. The van der Waals surface area contributed by atoms with Crippen LogP contribution in [0.25, 0.3) is 0 Å². The number of hydrogen-bond acceptors (Lipinski definition) is 5. The van der Waals surface area contributed by atoms with Gasteiger partial charge in [0.2, 0.25) is 0 Å². The maximum absolute atomic E-state index is 12.8. The third kappa shape index (κ3) is 5.42. The fourth-order valence-electron chi connectivity index (χ4n) is 2.81. The Labute approximate surface area is 150 Å². The number of hydrogen-bond donors (Lipinski definition) is 0. The van der Waals surface area contributed by atoms with Crippen molar-refractivity contribution in [2.75, 3.05) is 19.7 Å². The molecular weight excluding hydrogens is 343 g/mol. The molecule has 1 aromatic heterocycles. The van der Waals surface area contributed by atoms with Gasteiger partial charge in [-0.3, -0.25) is 0 Å². The predicted octanol–water partition coefficient (Wildman–Crippen LogP) is 4.10. The summed E-state index contributed by atoms with van der Waals surface area (Å²) in [6.07, 6.45) is 2.55. The van der Waals surface area contributed by atoms with Gasteiger partial charge in [-0.05, 0) is 49.4 Å². The Hall–Kier alpha value is -2.15. The van der Waals surface area contributed by atoms with E-state index in [4.69, 9.17) is 9.47 Å². The molecule has 2 heterocycles. The molecule has 1 aromatic carbocycles. The average molecular weight is 364 g/mol. The summed E-state index contributed by atoms with van der Waals surface area (Å²) in [4.78, 5) is 17.9. The number of ether oxygens (including phenoxy) is 2. The molecular formula is C18H21FN2O3S. The number of likely N-dealkylation sites (tertiary alicyclic amines) is 1. The van der Waals surface area contributed by atoms with Crippen LogP contribution in [0.2, 0.25) is 0 Å². The zero-order valence-electron chi connectivity index (χ0n) is 13.9. The van der Waals surface area contributed by atoms with Gasteiger partial charge in [0.1, 0.15) is 18.2 Å². The van der Waals surface area contributed by atoms with E-state index >= 15 is 0 Å². The van der Waals surface area contributed by atoms with Crippen LogP contribution in [0.3, 0.4) is 0 Å². The van der Waals surface area contributed by atoms with Crippen LogP contribution in [-0.4, -0.2) is 35.7 Å². The number of carbonyl (C=O) groups is 1. The van der Waals surface area contributed by atoms with Crippen LogP contribution in [-0.2, 0) is 11.3 Å².